The van der Waals surface area contributed by atoms with E-state index in [-0.39, 0.29) is 5.43 Å². The first-order valence-electron chi connectivity index (χ1n) is 5.62. The lowest BCUT2D eigenvalue weighted by molar-refractivity contribution is 0.955. The van der Waals surface area contributed by atoms with Crippen molar-refractivity contribution in [1.29, 1.82) is 0 Å². The number of thiol groups is 1. The molecule has 0 saturated carbocycles. The first-order chi connectivity index (χ1) is 8.52. The average Bonchev–Trinajstić information content (AvgIpc) is 2.33. The first kappa shape index (κ1) is 13.2. The molecule has 0 unspecified atom stereocenters. The van der Waals surface area contributed by atoms with Crippen molar-refractivity contribution in [3.05, 3.63) is 62.5 Å². The van der Waals surface area contributed by atoms with Crippen LogP contribution in [0.25, 0.3) is 5.69 Å². The van der Waals surface area contributed by atoms with E-state index in [1.54, 1.807) is 6.07 Å². The third-order valence-electron chi connectivity index (χ3n) is 2.93. The van der Waals surface area contributed by atoms with Gasteiger partial charge in [0.1, 0.15) is 0 Å². The molecule has 1 aromatic carbocycles. The molecule has 0 bridgehead atoms. The summed E-state index contributed by atoms with van der Waals surface area (Å²) in [6.45, 7) is 3.86. The van der Waals surface area contributed by atoms with Crippen molar-refractivity contribution in [2.75, 3.05) is 0 Å². The second kappa shape index (κ2) is 5.21. The molecule has 0 atom stereocenters. The predicted molar refractivity (Wildman–Crippen MR) is 79.2 cm³/mol. The quantitative estimate of drug-likeness (QED) is 0.835. The summed E-state index contributed by atoms with van der Waals surface area (Å²) in [5.41, 5.74) is 3.57. The molecular formula is C14H14ClNOS. The lowest BCUT2D eigenvalue weighted by atomic mass is 10.2. The highest BCUT2D eigenvalue weighted by atomic mass is 35.5. The summed E-state index contributed by atoms with van der Waals surface area (Å²) in [5.74, 6) is 0.429. The molecule has 0 spiro atoms. The molecule has 2 aromatic rings. The van der Waals surface area contributed by atoms with Crippen molar-refractivity contribution in [2.24, 2.45) is 0 Å². The first-order valence-corrected chi connectivity index (χ1v) is 6.63. The van der Waals surface area contributed by atoms with E-state index in [1.165, 1.54) is 0 Å². The Morgan fingerprint density at radius 2 is 2.00 bits per heavy atom. The molecule has 1 heterocycles. The van der Waals surface area contributed by atoms with Gasteiger partial charge in [0.05, 0.1) is 0 Å². The van der Waals surface area contributed by atoms with E-state index in [1.807, 2.05) is 42.8 Å². The number of aromatic nitrogens is 1. The van der Waals surface area contributed by atoms with Crippen molar-refractivity contribution in [2.45, 2.75) is 19.6 Å². The van der Waals surface area contributed by atoms with Crippen LogP contribution in [0.15, 0.2) is 35.3 Å². The average molecular weight is 280 g/mol. The summed E-state index contributed by atoms with van der Waals surface area (Å²) in [6.07, 6.45) is 1.83. The molecule has 0 radical (unpaired) electrons. The third-order valence-corrected chi connectivity index (χ3v) is 3.67. The number of halogens is 1. The number of rotatable bonds is 2. The number of pyridine rings is 1. The zero-order chi connectivity index (χ0) is 13.3. The van der Waals surface area contributed by atoms with Crippen LogP contribution in [0.3, 0.4) is 0 Å². The summed E-state index contributed by atoms with van der Waals surface area (Å²) < 4.78 is 1.96. The molecule has 0 saturated heterocycles. The smallest absolute Gasteiger partial charge is 0.185 e. The van der Waals surface area contributed by atoms with Gasteiger partial charge < -0.3 is 4.57 Å². The van der Waals surface area contributed by atoms with Crippen molar-refractivity contribution >= 4 is 24.2 Å². The predicted octanol–water partition coefficient (Wildman–Crippen LogP) is 3.54. The summed E-state index contributed by atoms with van der Waals surface area (Å²) in [4.78, 5) is 11.7. The summed E-state index contributed by atoms with van der Waals surface area (Å²) >= 11 is 10.3. The largest absolute Gasteiger partial charge is 0.321 e. The van der Waals surface area contributed by atoms with Crippen molar-refractivity contribution in [1.82, 2.24) is 4.57 Å². The summed E-state index contributed by atoms with van der Waals surface area (Å²) in [5, 5.41) is 0.720. The van der Waals surface area contributed by atoms with Crippen molar-refractivity contribution < 1.29 is 0 Å². The van der Waals surface area contributed by atoms with Crippen LogP contribution in [-0.2, 0) is 5.75 Å². The van der Waals surface area contributed by atoms with E-state index in [0.717, 1.165) is 22.0 Å². The van der Waals surface area contributed by atoms with Crippen LogP contribution in [0.2, 0.25) is 5.02 Å². The third kappa shape index (κ3) is 2.47. The van der Waals surface area contributed by atoms with Crippen LogP contribution >= 0.6 is 24.2 Å². The Kier molecular flexibility index (Phi) is 3.83. The molecule has 2 rings (SSSR count). The fourth-order valence-electron chi connectivity index (χ4n) is 1.80. The zero-order valence-electron chi connectivity index (χ0n) is 10.3. The minimum Gasteiger partial charge on any atom is -0.321 e. The maximum absolute atomic E-state index is 11.7. The van der Waals surface area contributed by atoms with Gasteiger partial charge in [-0.2, -0.15) is 12.6 Å². The molecule has 18 heavy (non-hydrogen) atoms. The molecule has 0 aliphatic rings. The van der Waals surface area contributed by atoms with Gasteiger partial charge in [0.15, 0.2) is 5.43 Å². The fraction of sp³-hybridized carbons (Fsp3) is 0.214. The number of aryl methyl sites for hydroxylation is 2. The Labute approximate surface area is 117 Å². The van der Waals surface area contributed by atoms with E-state index in [4.69, 9.17) is 11.6 Å². The lowest BCUT2D eigenvalue weighted by Crippen LogP contribution is -2.13. The lowest BCUT2D eigenvalue weighted by Gasteiger charge is -2.13. The Balaban J connectivity index is 2.63. The van der Waals surface area contributed by atoms with Crippen molar-refractivity contribution in [3.8, 4) is 5.69 Å². The zero-order valence-corrected chi connectivity index (χ0v) is 11.9. The minimum atomic E-state index is 0.0250. The van der Waals surface area contributed by atoms with E-state index in [0.29, 0.717) is 11.3 Å². The Hall–Kier alpha value is -1.19. The number of nitrogens with zero attached hydrogens (tertiary/aromatic N) is 1. The monoisotopic (exact) mass is 279 g/mol. The second-order valence-electron chi connectivity index (χ2n) is 4.27. The van der Waals surface area contributed by atoms with E-state index < -0.39 is 0 Å². The highest BCUT2D eigenvalue weighted by Gasteiger charge is 2.05. The molecule has 0 amide bonds. The van der Waals surface area contributed by atoms with Gasteiger partial charge in [-0.1, -0.05) is 17.7 Å². The Morgan fingerprint density at radius 3 is 2.61 bits per heavy atom. The van der Waals surface area contributed by atoms with E-state index in [2.05, 4.69) is 12.6 Å². The van der Waals surface area contributed by atoms with Crippen LogP contribution in [0, 0.1) is 13.8 Å². The molecule has 0 aliphatic carbocycles. The van der Waals surface area contributed by atoms with Crippen LogP contribution < -0.4 is 5.43 Å². The normalized spacial score (nSPS) is 10.7. The Bertz CT molecular complexity index is 649. The summed E-state index contributed by atoms with van der Waals surface area (Å²) in [7, 11) is 0. The van der Waals surface area contributed by atoms with Crippen LogP contribution in [0.4, 0.5) is 0 Å². The van der Waals surface area contributed by atoms with E-state index in [9.17, 15) is 4.79 Å². The highest BCUT2D eigenvalue weighted by Crippen LogP contribution is 2.20. The number of benzene rings is 1. The molecular weight excluding hydrogens is 266 g/mol. The van der Waals surface area contributed by atoms with Gasteiger partial charge in [0.25, 0.3) is 0 Å². The number of hydrogen-bond acceptors (Lipinski definition) is 2. The SMILES string of the molecule is Cc1ccc(-n2cc(CS)c(=O)cc2C)cc1Cl. The molecule has 94 valence electrons. The number of hydrogen-bond donors (Lipinski definition) is 1. The van der Waals surface area contributed by atoms with Gasteiger partial charge in [-0.05, 0) is 31.5 Å². The molecule has 2 nitrogen and oxygen atoms in total. The van der Waals surface area contributed by atoms with Crippen LogP contribution in [0.1, 0.15) is 16.8 Å². The van der Waals surface area contributed by atoms with Gasteiger partial charge in [-0.3, -0.25) is 4.79 Å². The molecule has 0 fully saturated rings. The van der Waals surface area contributed by atoms with Crippen LogP contribution in [0.5, 0.6) is 0 Å². The van der Waals surface area contributed by atoms with Gasteiger partial charge in [0.2, 0.25) is 0 Å². The molecule has 4 heteroatoms. The van der Waals surface area contributed by atoms with E-state index >= 15 is 0 Å². The molecule has 1 aromatic heterocycles. The topological polar surface area (TPSA) is 22.0 Å². The maximum atomic E-state index is 11.7. The summed E-state index contributed by atoms with van der Waals surface area (Å²) in [6, 6.07) is 7.48. The van der Waals surface area contributed by atoms with Gasteiger partial charge in [0, 0.05) is 40.0 Å². The molecule has 0 N–H and O–H groups in total. The standard InChI is InChI=1S/C14H14ClNOS/c1-9-3-4-12(6-13(9)15)16-7-11(8-18)14(17)5-10(16)2/h3-7,18H,8H2,1-2H3. The fourth-order valence-corrected chi connectivity index (χ4v) is 2.21. The van der Waals surface area contributed by atoms with Gasteiger partial charge >= 0.3 is 0 Å². The highest BCUT2D eigenvalue weighted by molar-refractivity contribution is 7.79. The second-order valence-corrected chi connectivity index (χ2v) is 4.99. The van der Waals surface area contributed by atoms with Crippen molar-refractivity contribution in [3.63, 3.8) is 0 Å². The Morgan fingerprint density at radius 1 is 1.28 bits per heavy atom. The maximum Gasteiger partial charge on any atom is 0.185 e. The molecule has 0 aliphatic heterocycles. The van der Waals surface area contributed by atoms with Crippen LogP contribution in [-0.4, -0.2) is 4.57 Å². The minimum absolute atomic E-state index is 0.0250. The van der Waals surface area contributed by atoms with Gasteiger partial charge in [-0.25, -0.2) is 0 Å². The van der Waals surface area contributed by atoms with Gasteiger partial charge in [-0.15, -0.1) is 0 Å².